The summed E-state index contributed by atoms with van der Waals surface area (Å²) >= 11 is 0. The fraction of sp³-hybridized carbons (Fsp3) is 0.333. The average Bonchev–Trinajstić information content (AvgIpc) is 2.68. The molecule has 2 rings (SSSR count). The third-order valence-electron chi connectivity index (χ3n) is 2.87. The molecule has 0 aromatic carbocycles. The van der Waals surface area contributed by atoms with Crippen LogP contribution in [0.4, 0.5) is 5.82 Å². The van der Waals surface area contributed by atoms with Crippen LogP contribution in [0.2, 0.25) is 0 Å². The second-order valence-electron chi connectivity index (χ2n) is 4.46. The van der Waals surface area contributed by atoms with Gasteiger partial charge in [0, 0.05) is 18.2 Å². The first-order chi connectivity index (χ1) is 9.85. The lowest BCUT2D eigenvalue weighted by molar-refractivity contribution is 0.494. The molecule has 0 unspecified atom stereocenters. The van der Waals surface area contributed by atoms with Crippen LogP contribution in [-0.2, 0) is 16.6 Å². The highest BCUT2D eigenvalue weighted by molar-refractivity contribution is 7.92. The molecule has 0 atom stereocenters. The zero-order chi connectivity index (χ0) is 15.6. The Labute approximate surface area is 121 Å². The van der Waals surface area contributed by atoms with Gasteiger partial charge in [0.05, 0.1) is 0 Å². The van der Waals surface area contributed by atoms with E-state index in [4.69, 9.17) is 4.42 Å². The molecule has 0 spiro atoms. The van der Waals surface area contributed by atoms with Crippen LogP contribution in [0.15, 0.2) is 26.2 Å². The van der Waals surface area contributed by atoms with E-state index in [2.05, 4.69) is 20.2 Å². The molecule has 0 radical (unpaired) electrons. The molecule has 0 amide bonds. The summed E-state index contributed by atoms with van der Waals surface area (Å²) in [4.78, 5) is 11.0. The first-order valence-corrected chi connectivity index (χ1v) is 7.65. The minimum Gasteiger partial charge on any atom is -0.465 e. The number of hydrogen-bond donors (Lipinski definition) is 3. The predicted molar refractivity (Wildman–Crippen MR) is 76.6 cm³/mol. The van der Waals surface area contributed by atoms with Crippen molar-refractivity contribution in [2.24, 2.45) is 0 Å². The van der Waals surface area contributed by atoms with Gasteiger partial charge in [0.15, 0.2) is 5.82 Å². The summed E-state index contributed by atoms with van der Waals surface area (Å²) in [6.07, 6.45) is 0. The Morgan fingerprint density at radius 1 is 1.29 bits per heavy atom. The number of furan rings is 1. The summed E-state index contributed by atoms with van der Waals surface area (Å²) in [6.45, 7) is 3.65. The molecule has 0 bridgehead atoms. The topological polar surface area (TPSA) is 117 Å². The number of nitrogens with one attached hydrogen (secondary N) is 3. The summed E-state index contributed by atoms with van der Waals surface area (Å²) in [5.41, 5.74) is 0.149. The second kappa shape index (κ2) is 5.70. The monoisotopic (exact) mass is 312 g/mol. The van der Waals surface area contributed by atoms with E-state index in [1.807, 2.05) is 0 Å². The highest BCUT2D eigenvalue weighted by Crippen LogP contribution is 2.27. The third kappa shape index (κ3) is 3.14. The fourth-order valence-electron chi connectivity index (χ4n) is 2.03. The quantitative estimate of drug-likeness (QED) is 0.740. The number of rotatable bonds is 5. The van der Waals surface area contributed by atoms with Crippen molar-refractivity contribution < 1.29 is 12.8 Å². The molecular formula is C12H16N4O4S. The molecule has 3 N–H and O–H groups in total. The third-order valence-corrected chi connectivity index (χ3v) is 4.41. The predicted octanol–water partition coefficient (Wildman–Crippen LogP) is 0.500. The molecule has 9 heteroatoms. The van der Waals surface area contributed by atoms with Gasteiger partial charge in [-0.15, -0.1) is 0 Å². The zero-order valence-electron chi connectivity index (χ0n) is 11.9. The van der Waals surface area contributed by atoms with Crippen molar-refractivity contribution in [3.05, 3.63) is 39.6 Å². The number of sulfonamides is 1. The van der Waals surface area contributed by atoms with Gasteiger partial charge in [-0.1, -0.05) is 0 Å². The van der Waals surface area contributed by atoms with E-state index in [9.17, 15) is 13.2 Å². The standard InChI is InChI=1S/C12H16N4O4S/c1-7-9(6-13-3)12(8(2)20-7)21(18,19)16-10-4-5-11(17)15-14-10/h4-5,13H,6H2,1-3H3,(H,14,16)(H,15,17). The molecule has 0 aliphatic heterocycles. The van der Waals surface area contributed by atoms with Crippen LogP contribution < -0.4 is 15.6 Å². The molecule has 0 saturated heterocycles. The molecule has 2 aromatic heterocycles. The van der Waals surface area contributed by atoms with Crippen LogP contribution in [0.3, 0.4) is 0 Å². The van der Waals surface area contributed by atoms with Gasteiger partial charge in [0.25, 0.3) is 15.6 Å². The number of hydrogen-bond acceptors (Lipinski definition) is 6. The highest BCUT2D eigenvalue weighted by Gasteiger charge is 2.27. The lowest BCUT2D eigenvalue weighted by Gasteiger charge is -2.08. The Bertz CT molecular complexity index is 787. The summed E-state index contributed by atoms with van der Waals surface area (Å²) in [5.74, 6) is 0.870. The molecule has 0 fully saturated rings. The van der Waals surface area contributed by atoms with Crippen molar-refractivity contribution in [1.29, 1.82) is 0 Å². The fourth-order valence-corrected chi connectivity index (χ4v) is 3.48. The van der Waals surface area contributed by atoms with Gasteiger partial charge in [-0.2, -0.15) is 5.10 Å². The summed E-state index contributed by atoms with van der Waals surface area (Å²) < 4.78 is 32.7. The first kappa shape index (κ1) is 15.3. The van der Waals surface area contributed by atoms with Crippen molar-refractivity contribution in [3.63, 3.8) is 0 Å². The van der Waals surface area contributed by atoms with E-state index in [0.29, 0.717) is 23.6 Å². The van der Waals surface area contributed by atoms with Gasteiger partial charge in [0.2, 0.25) is 0 Å². The number of H-pyrrole nitrogens is 1. The average molecular weight is 312 g/mol. The lowest BCUT2D eigenvalue weighted by Crippen LogP contribution is -2.19. The maximum Gasteiger partial charge on any atom is 0.266 e. The minimum atomic E-state index is -3.86. The summed E-state index contributed by atoms with van der Waals surface area (Å²) in [5, 5.41) is 8.70. The van der Waals surface area contributed by atoms with E-state index in [0.717, 1.165) is 0 Å². The largest absolute Gasteiger partial charge is 0.465 e. The second-order valence-corrected chi connectivity index (χ2v) is 6.08. The van der Waals surface area contributed by atoms with Crippen molar-refractivity contribution in [3.8, 4) is 0 Å². The van der Waals surface area contributed by atoms with Crippen LogP contribution in [0.1, 0.15) is 17.1 Å². The maximum absolute atomic E-state index is 12.5. The van der Waals surface area contributed by atoms with E-state index >= 15 is 0 Å². The maximum atomic E-state index is 12.5. The lowest BCUT2D eigenvalue weighted by atomic mass is 10.2. The van der Waals surface area contributed by atoms with Gasteiger partial charge in [-0.3, -0.25) is 9.52 Å². The molecule has 114 valence electrons. The number of aromatic amines is 1. The molecular weight excluding hydrogens is 296 g/mol. The number of nitrogens with zero attached hydrogens (tertiary/aromatic N) is 1. The van der Waals surface area contributed by atoms with E-state index in [1.165, 1.54) is 12.1 Å². The van der Waals surface area contributed by atoms with Crippen molar-refractivity contribution in [1.82, 2.24) is 15.5 Å². The van der Waals surface area contributed by atoms with Crippen molar-refractivity contribution in [2.75, 3.05) is 11.8 Å². The molecule has 2 heterocycles. The van der Waals surface area contributed by atoms with Crippen LogP contribution in [-0.4, -0.2) is 25.7 Å². The van der Waals surface area contributed by atoms with Gasteiger partial charge < -0.3 is 9.73 Å². The van der Waals surface area contributed by atoms with Crippen LogP contribution in [0.25, 0.3) is 0 Å². The smallest absolute Gasteiger partial charge is 0.266 e. The molecule has 0 aliphatic rings. The summed E-state index contributed by atoms with van der Waals surface area (Å²) in [7, 11) is -2.14. The van der Waals surface area contributed by atoms with E-state index in [1.54, 1.807) is 20.9 Å². The molecule has 0 aliphatic carbocycles. The SMILES string of the molecule is CNCc1c(C)oc(C)c1S(=O)(=O)Nc1ccc(=O)[nH]n1. The molecule has 21 heavy (non-hydrogen) atoms. The number of aryl methyl sites for hydroxylation is 2. The Balaban J connectivity index is 2.44. The Morgan fingerprint density at radius 2 is 2.00 bits per heavy atom. The van der Waals surface area contributed by atoms with Crippen molar-refractivity contribution in [2.45, 2.75) is 25.3 Å². The first-order valence-electron chi connectivity index (χ1n) is 6.17. The summed E-state index contributed by atoms with van der Waals surface area (Å²) in [6, 6.07) is 2.48. The molecule has 8 nitrogen and oxygen atoms in total. The Kier molecular flexibility index (Phi) is 4.14. The minimum absolute atomic E-state index is 0.0308. The molecule has 2 aromatic rings. The van der Waals surface area contributed by atoms with Gasteiger partial charge in [-0.25, -0.2) is 13.5 Å². The van der Waals surface area contributed by atoms with Crippen LogP contribution in [0.5, 0.6) is 0 Å². The zero-order valence-corrected chi connectivity index (χ0v) is 12.7. The van der Waals surface area contributed by atoms with Gasteiger partial charge >= 0.3 is 0 Å². The molecule has 0 saturated carbocycles. The normalized spacial score (nSPS) is 11.6. The number of anilines is 1. The van der Waals surface area contributed by atoms with Crippen LogP contribution >= 0.6 is 0 Å². The van der Waals surface area contributed by atoms with E-state index < -0.39 is 15.6 Å². The van der Waals surface area contributed by atoms with E-state index in [-0.39, 0.29) is 10.7 Å². The Hall–Kier alpha value is -2.13. The van der Waals surface area contributed by atoms with Gasteiger partial charge in [-0.05, 0) is 27.0 Å². The highest BCUT2D eigenvalue weighted by atomic mass is 32.2. The van der Waals surface area contributed by atoms with Gasteiger partial charge in [0.1, 0.15) is 16.4 Å². The Morgan fingerprint density at radius 3 is 2.57 bits per heavy atom. The van der Waals surface area contributed by atoms with Crippen LogP contribution in [0, 0.1) is 13.8 Å². The number of aromatic nitrogens is 2. The van der Waals surface area contributed by atoms with Crippen molar-refractivity contribution >= 4 is 15.8 Å².